The van der Waals surface area contributed by atoms with Crippen LogP contribution in [-0.4, -0.2) is 26.2 Å². The van der Waals surface area contributed by atoms with Gasteiger partial charge in [-0.2, -0.15) is 13.2 Å². The maximum absolute atomic E-state index is 13.3. The van der Waals surface area contributed by atoms with E-state index in [1.54, 1.807) is 4.72 Å². The first-order chi connectivity index (χ1) is 11.1. The van der Waals surface area contributed by atoms with Crippen LogP contribution in [0.3, 0.4) is 0 Å². The van der Waals surface area contributed by atoms with E-state index in [-0.39, 0.29) is 9.92 Å². The SMILES string of the molecule is O=S(=O)(NCC(O)(c1ccccc1)C(F)(F)F)c1ccccc1Cl. The van der Waals surface area contributed by atoms with E-state index in [1.807, 2.05) is 0 Å². The van der Waals surface area contributed by atoms with Crippen molar-refractivity contribution in [3.8, 4) is 0 Å². The standard InChI is InChI=1S/C15H13ClF3NO3S/c16-12-8-4-5-9-13(12)24(22,23)20-10-14(21,15(17,18)19)11-6-2-1-3-7-11/h1-9,20-21H,10H2. The fourth-order valence-electron chi connectivity index (χ4n) is 2.02. The van der Waals surface area contributed by atoms with Gasteiger partial charge in [0.1, 0.15) is 4.90 Å². The maximum atomic E-state index is 13.3. The molecule has 2 aromatic rings. The summed E-state index contributed by atoms with van der Waals surface area (Å²) in [4.78, 5) is -0.371. The van der Waals surface area contributed by atoms with E-state index in [1.165, 1.54) is 36.4 Å². The Morgan fingerprint density at radius 3 is 2.08 bits per heavy atom. The summed E-state index contributed by atoms with van der Waals surface area (Å²) < 4.78 is 66.2. The fraction of sp³-hybridized carbons (Fsp3) is 0.200. The summed E-state index contributed by atoms with van der Waals surface area (Å²) in [5.74, 6) is 0. The van der Waals surface area contributed by atoms with Crippen LogP contribution in [-0.2, 0) is 15.6 Å². The van der Waals surface area contributed by atoms with Crippen LogP contribution in [0.2, 0.25) is 5.02 Å². The van der Waals surface area contributed by atoms with Crippen LogP contribution < -0.4 is 4.72 Å². The highest BCUT2D eigenvalue weighted by Gasteiger charge is 2.55. The molecule has 0 radical (unpaired) electrons. The van der Waals surface area contributed by atoms with Gasteiger partial charge in [-0.05, 0) is 17.7 Å². The molecular formula is C15H13ClF3NO3S. The predicted molar refractivity (Wildman–Crippen MR) is 83.0 cm³/mol. The van der Waals surface area contributed by atoms with Crippen molar-refractivity contribution in [2.45, 2.75) is 16.7 Å². The van der Waals surface area contributed by atoms with Crippen LogP contribution in [0.25, 0.3) is 0 Å². The summed E-state index contributed by atoms with van der Waals surface area (Å²) in [6, 6.07) is 11.6. The van der Waals surface area contributed by atoms with E-state index in [9.17, 15) is 26.7 Å². The van der Waals surface area contributed by atoms with E-state index in [0.717, 1.165) is 18.2 Å². The molecule has 0 fully saturated rings. The van der Waals surface area contributed by atoms with Gasteiger partial charge in [0.2, 0.25) is 10.0 Å². The first kappa shape index (κ1) is 18.7. The second kappa shape index (κ2) is 6.72. The second-order valence-corrected chi connectivity index (χ2v) is 7.12. The van der Waals surface area contributed by atoms with Crippen LogP contribution in [0.15, 0.2) is 59.5 Å². The molecule has 1 unspecified atom stereocenters. The van der Waals surface area contributed by atoms with Crippen molar-refractivity contribution in [1.29, 1.82) is 0 Å². The van der Waals surface area contributed by atoms with Crippen LogP contribution >= 0.6 is 11.6 Å². The topological polar surface area (TPSA) is 66.4 Å². The number of hydrogen-bond donors (Lipinski definition) is 2. The summed E-state index contributed by atoms with van der Waals surface area (Å²) in [6.07, 6.45) is -5.09. The first-order valence-electron chi connectivity index (χ1n) is 6.67. The van der Waals surface area contributed by atoms with Crippen LogP contribution in [0, 0.1) is 0 Å². The molecule has 130 valence electrons. The molecule has 0 aliphatic heterocycles. The number of alkyl halides is 3. The summed E-state index contributed by atoms with van der Waals surface area (Å²) in [6.45, 7) is -1.28. The Kier molecular flexibility index (Phi) is 5.24. The zero-order valence-corrected chi connectivity index (χ0v) is 13.7. The second-order valence-electron chi connectivity index (χ2n) is 4.98. The smallest absolute Gasteiger partial charge is 0.375 e. The quantitative estimate of drug-likeness (QED) is 0.839. The van der Waals surface area contributed by atoms with Gasteiger partial charge in [0.25, 0.3) is 0 Å². The van der Waals surface area contributed by atoms with Gasteiger partial charge in [-0.1, -0.05) is 54.1 Å². The van der Waals surface area contributed by atoms with Crippen molar-refractivity contribution < 1.29 is 26.7 Å². The lowest BCUT2D eigenvalue weighted by Crippen LogP contribution is -2.51. The maximum Gasteiger partial charge on any atom is 0.422 e. The van der Waals surface area contributed by atoms with Crippen LogP contribution in [0.1, 0.15) is 5.56 Å². The third-order valence-electron chi connectivity index (χ3n) is 3.36. The molecule has 24 heavy (non-hydrogen) atoms. The third-order valence-corrected chi connectivity index (χ3v) is 5.27. The van der Waals surface area contributed by atoms with Crippen LogP contribution in [0.4, 0.5) is 13.2 Å². The Hall–Kier alpha value is -1.61. The minimum atomic E-state index is -5.09. The zero-order valence-electron chi connectivity index (χ0n) is 12.1. The number of benzene rings is 2. The van der Waals surface area contributed by atoms with Crippen molar-refractivity contribution in [1.82, 2.24) is 4.72 Å². The van der Waals surface area contributed by atoms with Gasteiger partial charge < -0.3 is 5.11 Å². The molecule has 0 saturated carbocycles. The van der Waals surface area contributed by atoms with Crippen molar-refractivity contribution in [2.24, 2.45) is 0 Å². The van der Waals surface area contributed by atoms with Gasteiger partial charge in [-0.15, -0.1) is 0 Å². The molecule has 2 N–H and O–H groups in total. The average molecular weight is 380 g/mol. The molecule has 9 heteroatoms. The Bertz CT molecular complexity index is 812. The van der Waals surface area contributed by atoms with E-state index in [2.05, 4.69) is 0 Å². The minimum Gasteiger partial charge on any atom is -0.375 e. The molecule has 0 spiro atoms. The Morgan fingerprint density at radius 2 is 1.54 bits per heavy atom. The number of sulfonamides is 1. The normalized spacial score (nSPS) is 15.0. The molecule has 2 rings (SSSR count). The number of nitrogens with one attached hydrogen (secondary N) is 1. The van der Waals surface area contributed by atoms with Gasteiger partial charge in [0.15, 0.2) is 5.60 Å². The van der Waals surface area contributed by atoms with Crippen LogP contribution in [0.5, 0.6) is 0 Å². The van der Waals surface area contributed by atoms with Gasteiger partial charge in [-0.25, -0.2) is 13.1 Å². The highest BCUT2D eigenvalue weighted by Crippen LogP contribution is 2.38. The van der Waals surface area contributed by atoms with Gasteiger partial charge >= 0.3 is 6.18 Å². The molecule has 0 heterocycles. The fourth-order valence-corrected chi connectivity index (χ4v) is 3.60. The van der Waals surface area contributed by atoms with Gasteiger partial charge in [-0.3, -0.25) is 0 Å². The molecule has 0 amide bonds. The molecule has 0 aliphatic rings. The number of aliphatic hydroxyl groups is 1. The van der Waals surface area contributed by atoms with Gasteiger partial charge in [0, 0.05) is 0 Å². The molecule has 0 bridgehead atoms. The number of rotatable bonds is 5. The Morgan fingerprint density at radius 1 is 1.00 bits per heavy atom. The molecule has 1 atom stereocenters. The molecule has 0 saturated heterocycles. The van der Waals surface area contributed by atoms with E-state index < -0.39 is 33.9 Å². The predicted octanol–water partition coefficient (Wildman–Crippen LogP) is 3.07. The molecule has 4 nitrogen and oxygen atoms in total. The zero-order chi connectivity index (χ0) is 18.0. The first-order valence-corrected chi connectivity index (χ1v) is 8.53. The monoisotopic (exact) mass is 379 g/mol. The number of halogens is 4. The highest BCUT2D eigenvalue weighted by molar-refractivity contribution is 7.89. The summed E-state index contributed by atoms with van der Waals surface area (Å²) >= 11 is 5.76. The Balaban J connectivity index is 2.35. The van der Waals surface area contributed by atoms with Gasteiger partial charge in [0.05, 0.1) is 11.6 Å². The summed E-state index contributed by atoms with van der Waals surface area (Å²) in [5.41, 5.74) is -3.85. The summed E-state index contributed by atoms with van der Waals surface area (Å²) in [5, 5.41) is 9.98. The summed E-state index contributed by atoms with van der Waals surface area (Å²) in [7, 11) is -4.33. The minimum absolute atomic E-state index is 0.139. The molecular weight excluding hydrogens is 367 g/mol. The number of hydrogen-bond acceptors (Lipinski definition) is 3. The van der Waals surface area contributed by atoms with E-state index in [4.69, 9.17) is 11.6 Å². The molecule has 0 aliphatic carbocycles. The lowest BCUT2D eigenvalue weighted by molar-refractivity contribution is -0.263. The molecule has 2 aromatic carbocycles. The third kappa shape index (κ3) is 3.72. The average Bonchev–Trinajstić information content (AvgIpc) is 2.52. The van der Waals surface area contributed by atoms with Crippen molar-refractivity contribution in [3.05, 3.63) is 65.2 Å². The largest absolute Gasteiger partial charge is 0.422 e. The lowest BCUT2D eigenvalue weighted by Gasteiger charge is -2.31. The van der Waals surface area contributed by atoms with E-state index >= 15 is 0 Å². The Labute approximate surface area is 141 Å². The van der Waals surface area contributed by atoms with Crippen molar-refractivity contribution in [3.63, 3.8) is 0 Å². The van der Waals surface area contributed by atoms with E-state index in [0.29, 0.717) is 0 Å². The van der Waals surface area contributed by atoms with Crippen molar-refractivity contribution in [2.75, 3.05) is 6.54 Å². The lowest BCUT2D eigenvalue weighted by atomic mass is 9.93. The van der Waals surface area contributed by atoms with Crippen molar-refractivity contribution >= 4 is 21.6 Å². The highest BCUT2D eigenvalue weighted by atomic mass is 35.5. The molecule has 0 aromatic heterocycles.